The number of hydrogen-bond acceptors (Lipinski definition) is 4. The van der Waals surface area contributed by atoms with E-state index >= 15 is 0 Å². The van der Waals surface area contributed by atoms with Crippen LogP contribution in [0, 0.1) is 6.92 Å². The van der Waals surface area contributed by atoms with Crippen LogP contribution in [0.25, 0.3) is 16.6 Å². The summed E-state index contributed by atoms with van der Waals surface area (Å²) < 4.78 is 7.30. The van der Waals surface area contributed by atoms with Crippen molar-refractivity contribution in [3.63, 3.8) is 0 Å². The molecule has 6 nitrogen and oxygen atoms in total. The summed E-state index contributed by atoms with van der Waals surface area (Å²) in [6.45, 7) is 2.27. The first kappa shape index (κ1) is 21.2. The SMILES string of the molecule is Cc1cc(NC(=O)CCCOc2ccc3ccccc3c2)n(-c2ncc(Cl)cc2Cl)n1. The number of benzene rings is 2. The third kappa shape index (κ3) is 5.16. The minimum Gasteiger partial charge on any atom is -0.494 e. The van der Waals surface area contributed by atoms with Gasteiger partial charge in [0, 0.05) is 18.7 Å². The number of carbonyl (C=O) groups is 1. The minimum absolute atomic E-state index is 0.145. The van der Waals surface area contributed by atoms with Crippen LogP contribution in [0.5, 0.6) is 5.75 Å². The van der Waals surface area contributed by atoms with Gasteiger partial charge in [-0.2, -0.15) is 9.78 Å². The highest BCUT2D eigenvalue weighted by atomic mass is 35.5. The number of ether oxygens (including phenoxy) is 1. The first-order valence-corrected chi connectivity index (χ1v) is 10.5. The standard InChI is InChI=1S/C23H20Cl2N4O2/c1-15-11-21(29(28-15)23-20(25)13-18(24)14-26-23)27-22(30)7-4-10-31-19-9-8-16-5-2-3-6-17(16)12-19/h2-3,5-6,8-9,11-14H,4,7,10H2,1H3,(H,27,30). The second-order valence-electron chi connectivity index (χ2n) is 7.05. The zero-order valence-electron chi connectivity index (χ0n) is 16.8. The molecule has 0 saturated heterocycles. The molecule has 1 amide bonds. The van der Waals surface area contributed by atoms with E-state index in [1.54, 1.807) is 12.1 Å². The maximum atomic E-state index is 12.4. The topological polar surface area (TPSA) is 69.0 Å². The maximum absolute atomic E-state index is 12.4. The average Bonchev–Trinajstić information content (AvgIpc) is 3.10. The maximum Gasteiger partial charge on any atom is 0.225 e. The predicted molar refractivity (Wildman–Crippen MR) is 123 cm³/mol. The van der Waals surface area contributed by atoms with Crippen LogP contribution in [0.15, 0.2) is 60.8 Å². The van der Waals surface area contributed by atoms with E-state index in [9.17, 15) is 4.79 Å². The number of rotatable bonds is 7. The Morgan fingerprint density at radius 3 is 2.71 bits per heavy atom. The summed E-state index contributed by atoms with van der Waals surface area (Å²) >= 11 is 12.2. The smallest absolute Gasteiger partial charge is 0.225 e. The normalized spacial score (nSPS) is 10.9. The quantitative estimate of drug-likeness (QED) is 0.356. The Hall–Kier alpha value is -3.09. The fourth-order valence-electron chi connectivity index (χ4n) is 3.20. The summed E-state index contributed by atoms with van der Waals surface area (Å²) in [6, 6.07) is 17.4. The van der Waals surface area contributed by atoms with E-state index in [0.29, 0.717) is 41.1 Å². The number of aromatic nitrogens is 3. The molecule has 4 aromatic rings. The van der Waals surface area contributed by atoms with Crippen molar-refractivity contribution in [3.8, 4) is 11.6 Å². The number of nitrogens with one attached hydrogen (secondary N) is 1. The van der Waals surface area contributed by atoms with E-state index in [2.05, 4.69) is 21.5 Å². The largest absolute Gasteiger partial charge is 0.494 e. The number of nitrogens with zero attached hydrogens (tertiary/aromatic N) is 3. The van der Waals surface area contributed by atoms with Crippen LogP contribution in [0.1, 0.15) is 18.5 Å². The molecule has 158 valence electrons. The molecule has 0 aliphatic carbocycles. The molecule has 0 bridgehead atoms. The van der Waals surface area contributed by atoms with E-state index in [1.807, 2.05) is 43.3 Å². The van der Waals surface area contributed by atoms with Crippen LogP contribution < -0.4 is 10.1 Å². The van der Waals surface area contributed by atoms with Crippen molar-refractivity contribution in [1.29, 1.82) is 0 Å². The monoisotopic (exact) mass is 454 g/mol. The average molecular weight is 455 g/mol. The van der Waals surface area contributed by atoms with Gasteiger partial charge in [-0.05, 0) is 42.3 Å². The van der Waals surface area contributed by atoms with Crippen molar-refractivity contribution in [2.24, 2.45) is 0 Å². The summed E-state index contributed by atoms with van der Waals surface area (Å²) in [5.41, 5.74) is 0.725. The molecule has 1 N–H and O–H groups in total. The molecule has 2 heterocycles. The number of amides is 1. The summed E-state index contributed by atoms with van der Waals surface area (Å²) in [4.78, 5) is 16.7. The summed E-state index contributed by atoms with van der Waals surface area (Å²) in [5, 5.41) is 10.3. The molecular formula is C23H20Cl2N4O2. The van der Waals surface area contributed by atoms with Crippen molar-refractivity contribution in [2.45, 2.75) is 19.8 Å². The Labute approximate surface area is 189 Å². The summed E-state index contributed by atoms with van der Waals surface area (Å²) in [7, 11) is 0. The Kier molecular flexibility index (Phi) is 6.39. The molecule has 0 unspecified atom stereocenters. The van der Waals surface area contributed by atoms with Crippen molar-refractivity contribution in [1.82, 2.24) is 14.8 Å². The number of fused-ring (bicyclic) bond motifs is 1. The molecule has 8 heteroatoms. The number of aryl methyl sites for hydroxylation is 1. The first-order valence-electron chi connectivity index (χ1n) is 9.79. The number of pyridine rings is 1. The van der Waals surface area contributed by atoms with Crippen LogP contribution >= 0.6 is 23.2 Å². The van der Waals surface area contributed by atoms with Crippen LogP contribution in [0.4, 0.5) is 5.82 Å². The van der Waals surface area contributed by atoms with Crippen molar-refractivity contribution in [3.05, 3.63) is 76.5 Å². The highest BCUT2D eigenvalue weighted by molar-refractivity contribution is 6.35. The molecule has 0 aliphatic heterocycles. The molecule has 0 atom stereocenters. The lowest BCUT2D eigenvalue weighted by molar-refractivity contribution is -0.116. The zero-order valence-corrected chi connectivity index (χ0v) is 18.3. The van der Waals surface area contributed by atoms with Crippen molar-refractivity contribution < 1.29 is 9.53 Å². The molecule has 0 spiro atoms. The van der Waals surface area contributed by atoms with E-state index in [0.717, 1.165) is 22.2 Å². The van der Waals surface area contributed by atoms with Crippen LogP contribution in [-0.4, -0.2) is 27.3 Å². The van der Waals surface area contributed by atoms with Gasteiger partial charge in [0.25, 0.3) is 0 Å². The van der Waals surface area contributed by atoms with Crippen molar-refractivity contribution >= 4 is 45.7 Å². The third-order valence-electron chi connectivity index (χ3n) is 4.63. The zero-order chi connectivity index (χ0) is 21.8. The van der Waals surface area contributed by atoms with Crippen LogP contribution in [0.3, 0.4) is 0 Å². The molecule has 31 heavy (non-hydrogen) atoms. The van der Waals surface area contributed by atoms with Crippen molar-refractivity contribution in [2.75, 3.05) is 11.9 Å². The number of anilines is 1. The number of halogens is 2. The van der Waals surface area contributed by atoms with Gasteiger partial charge in [-0.15, -0.1) is 0 Å². The molecule has 2 aromatic heterocycles. The second kappa shape index (κ2) is 9.37. The summed E-state index contributed by atoms with van der Waals surface area (Å²) in [6.07, 6.45) is 2.36. The van der Waals surface area contributed by atoms with E-state index in [1.165, 1.54) is 10.9 Å². The van der Waals surface area contributed by atoms with E-state index < -0.39 is 0 Å². The molecule has 2 aromatic carbocycles. The van der Waals surface area contributed by atoms with Gasteiger partial charge in [-0.3, -0.25) is 4.79 Å². The number of carbonyl (C=O) groups excluding carboxylic acids is 1. The van der Waals surface area contributed by atoms with Gasteiger partial charge in [0.2, 0.25) is 5.91 Å². The lowest BCUT2D eigenvalue weighted by Gasteiger charge is -2.10. The van der Waals surface area contributed by atoms with Crippen LogP contribution in [0.2, 0.25) is 10.0 Å². The van der Waals surface area contributed by atoms with Gasteiger partial charge in [0.1, 0.15) is 11.6 Å². The molecule has 0 saturated carbocycles. The predicted octanol–water partition coefficient (Wildman–Crippen LogP) is 5.83. The van der Waals surface area contributed by atoms with E-state index in [-0.39, 0.29) is 5.91 Å². The van der Waals surface area contributed by atoms with Gasteiger partial charge in [-0.25, -0.2) is 4.98 Å². The van der Waals surface area contributed by atoms with Crippen LogP contribution in [-0.2, 0) is 4.79 Å². The molecule has 0 aliphatic rings. The lowest BCUT2D eigenvalue weighted by Crippen LogP contribution is -2.16. The molecule has 0 fully saturated rings. The van der Waals surface area contributed by atoms with Gasteiger partial charge in [-0.1, -0.05) is 53.5 Å². The fraction of sp³-hybridized carbons (Fsp3) is 0.174. The fourth-order valence-corrected chi connectivity index (χ4v) is 3.66. The Bertz CT molecular complexity index is 1240. The van der Waals surface area contributed by atoms with Gasteiger partial charge in [0.15, 0.2) is 5.82 Å². The minimum atomic E-state index is -0.145. The molecular weight excluding hydrogens is 435 g/mol. The molecule has 4 rings (SSSR count). The molecule has 0 radical (unpaired) electrons. The second-order valence-corrected chi connectivity index (χ2v) is 7.89. The Morgan fingerprint density at radius 1 is 1.10 bits per heavy atom. The van der Waals surface area contributed by atoms with Gasteiger partial charge in [0.05, 0.1) is 22.3 Å². The van der Waals surface area contributed by atoms with Gasteiger partial charge < -0.3 is 10.1 Å². The Morgan fingerprint density at radius 2 is 1.90 bits per heavy atom. The highest BCUT2D eigenvalue weighted by Gasteiger charge is 2.14. The summed E-state index contributed by atoms with van der Waals surface area (Å²) in [5.74, 6) is 1.54. The van der Waals surface area contributed by atoms with E-state index in [4.69, 9.17) is 27.9 Å². The first-order chi connectivity index (χ1) is 15.0. The van der Waals surface area contributed by atoms with Gasteiger partial charge >= 0.3 is 0 Å². The highest BCUT2D eigenvalue weighted by Crippen LogP contribution is 2.25. The lowest BCUT2D eigenvalue weighted by atomic mass is 10.1. The Balaban J connectivity index is 1.34. The number of hydrogen-bond donors (Lipinski definition) is 1. The third-order valence-corrected chi connectivity index (χ3v) is 5.11.